The van der Waals surface area contributed by atoms with E-state index in [2.05, 4.69) is 13.6 Å². The van der Waals surface area contributed by atoms with Crippen LogP contribution in [0.5, 0.6) is 0 Å². The molecule has 1 saturated heterocycles. The third kappa shape index (κ3) is 5.12. The molecule has 1 aliphatic rings. The number of nitrogens with zero attached hydrogens (tertiary/aromatic N) is 1. The molecule has 0 amide bonds. The number of alkyl halides is 2. The Labute approximate surface area is 136 Å². The van der Waals surface area contributed by atoms with Gasteiger partial charge in [-0.25, -0.2) is 22.7 Å². The maximum atomic E-state index is 14.4. The fourth-order valence-corrected chi connectivity index (χ4v) is 3.58. The third-order valence-corrected chi connectivity index (χ3v) is 5.14. The first kappa shape index (κ1) is 20.1. The van der Waals surface area contributed by atoms with Crippen molar-refractivity contribution in [2.24, 2.45) is 0 Å². The minimum atomic E-state index is -5.43. The second kappa shape index (κ2) is 6.82. The first-order valence-corrected chi connectivity index (χ1v) is 9.40. The van der Waals surface area contributed by atoms with Crippen molar-refractivity contribution in [3.63, 3.8) is 0 Å². The molecular formula is C9H12F2N2O10P2. The van der Waals surface area contributed by atoms with E-state index in [-0.39, 0.29) is 0 Å². The number of halogens is 2. The topological polar surface area (TPSA) is 177 Å². The van der Waals surface area contributed by atoms with Crippen LogP contribution in [0.25, 0.3) is 0 Å². The van der Waals surface area contributed by atoms with Crippen LogP contribution in [0, 0.1) is 0 Å². The molecule has 0 radical (unpaired) electrons. The van der Waals surface area contributed by atoms with Gasteiger partial charge in [-0.1, -0.05) is 0 Å². The van der Waals surface area contributed by atoms with E-state index in [0.29, 0.717) is 4.57 Å². The Balaban J connectivity index is 2.11. The standard InChI is InChI=1S/C9H12F2N2O10P2/c10-5-3-7(13-2-1-6(14)12-8(13)15)22-9(5,11)4-21-25(19,20)23-24(16,17)18/h1-2,5,7H,3-4H2,(H,19,20)(H,12,14,15)(H2,16,17,18)/t5-,7+,9+/m0/s1. The van der Waals surface area contributed by atoms with Gasteiger partial charge in [0.2, 0.25) is 0 Å². The highest BCUT2D eigenvalue weighted by Gasteiger charge is 2.53. The normalized spacial score (nSPS) is 29.5. The summed E-state index contributed by atoms with van der Waals surface area (Å²) in [5.41, 5.74) is -1.76. The molecule has 0 spiro atoms. The van der Waals surface area contributed by atoms with Crippen molar-refractivity contribution in [3.05, 3.63) is 33.1 Å². The van der Waals surface area contributed by atoms with Crippen LogP contribution in [0.4, 0.5) is 8.78 Å². The lowest BCUT2D eigenvalue weighted by Crippen LogP contribution is -2.37. The quantitative estimate of drug-likeness (QED) is 0.456. The van der Waals surface area contributed by atoms with E-state index in [1.165, 1.54) is 0 Å². The molecule has 142 valence electrons. The van der Waals surface area contributed by atoms with E-state index in [1.54, 1.807) is 0 Å². The van der Waals surface area contributed by atoms with Gasteiger partial charge in [-0.2, -0.15) is 4.31 Å². The number of nitrogens with one attached hydrogen (secondary N) is 1. The molecule has 0 saturated carbocycles. The van der Waals surface area contributed by atoms with E-state index in [9.17, 15) is 27.5 Å². The Morgan fingerprint density at radius 3 is 2.60 bits per heavy atom. The molecule has 4 N–H and O–H groups in total. The zero-order valence-electron chi connectivity index (χ0n) is 12.0. The van der Waals surface area contributed by atoms with Crippen LogP contribution in [-0.2, 0) is 22.7 Å². The zero-order valence-corrected chi connectivity index (χ0v) is 13.8. The van der Waals surface area contributed by atoms with E-state index in [0.717, 1.165) is 12.3 Å². The predicted octanol–water partition coefficient (Wildman–Crippen LogP) is -0.314. The lowest BCUT2D eigenvalue weighted by molar-refractivity contribution is -0.193. The van der Waals surface area contributed by atoms with Gasteiger partial charge >= 0.3 is 21.3 Å². The van der Waals surface area contributed by atoms with Crippen LogP contribution < -0.4 is 11.2 Å². The molecular weight excluding hydrogens is 396 g/mol. The van der Waals surface area contributed by atoms with Crippen LogP contribution >= 0.6 is 15.6 Å². The number of rotatable bonds is 6. The lowest BCUT2D eigenvalue weighted by atomic mass is 10.2. The van der Waals surface area contributed by atoms with Crippen molar-refractivity contribution < 1.29 is 46.2 Å². The van der Waals surface area contributed by atoms with Gasteiger partial charge in [-0.15, -0.1) is 0 Å². The van der Waals surface area contributed by atoms with Crippen molar-refractivity contribution in [3.8, 4) is 0 Å². The summed E-state index contributed by atoms with van der Waals surface area (Å²) in [7, 11) is -10.8. The largest absolute Gasteiger partial charge is 0.481 e. The molecule has 1 aromatic heterocycles. The fourth-order valence-electron chi connectivity index (χ4n) is 1.98. The molecule has 4 atom stereocenters. The van der Waals surface area contributed by atoms with Crippen molar-refractivity contribution in [1.29, 1.82) is 0 Å². The van der Waals surface area contributed by atoms with Crippen molar-refractivity contribution in [1.82, 2.24) is 9.55 Å². The van der Waals surface area contributed by atoms with Crippen LogP contribution in [0.15, 0.2) is 21.9 Å². The smallest absolute Gasteiger partial charge is 0.317 e. The summed E-state index contributed by atoms with van der Waals surface area (Å²) in [6.45, 7) is -1.56. The molecule has 2 heterocycles. The van der Waals surface area contributed by atoms with Gasteiger partial charge in [0, 0.05) is 18.7 Å². The second-order valence-corrected chi connectivity index (χ2v) is 7.72. The summed E-state index contributed by atoms with van der Waals surface area (Å²) in [5.74, 6) is -3.31. The number of phosphoric acid groups is 2. The molecule has 16 heteroatoms. The van der Waals surface area contributed by atoms with Gasteiger partial charge in [0.05, 0.1) is 0 Å². The van der Waals surface area contributed by atoms with E-state index >= 15 is 0 Å². The highest BCUT2D eigenvalue weighted by molar-refractivity contribution is 7.60. The Morgan fingerprint density at radius 2 is 2.04 bits per heavy atom. The van der Waals surface area contributed by atoms with Crippen LogP contribution in [-0.4, -0.2) is 42.9 Å². The minimum Gasteiger partial charge on any atom is -0.317 e. The summed E-state index contributed by atoms with van der Waals surface area (Å²) in [5, 5.41) is 0. The average Bonchev–Trinajstić information content (AvgIpc) is 2.70. The highest BCUT2D eigenvalue weighted by atomic mass is 31.3. The van der Waals surface area contributed by atoms with Crippen molar-refractivity contribution >= 4 is 15.6 Å². The maximum Gasteiger partial charge on any atom is 0.481 e. The molecule has 1 aromatic rings. The highest BCUT2D eigenvalue weighted by Crippen LogP contribution is 2.58. The first-order chi connectivity index (χ1) is 11.3. The molecule has 25 heavy (non-hydrogen) atoms. The predicted molar refractivity (Wildman–Crippen MR) is 73.7 cm³/mol. The van der Waals surface area contributed by atoms with Crippen molar-refractivity contribution in [2.45, 2.75) is 24.7 Å². The summed E-state index contributed by atoms with van der Waals surface area (Å²) >= 11 is 0. The molecule has 2 rings (SSSR count). The number of H-pyrrole nitrogens is 1. The lowest BCUT2D eigenvalue weighted by Gasteiger charge is -2.23. The van der Waals surface area contributed by atoms with Gasteiger partial charge in [-0.05, 0) is 0 Å². The van der Waals surface area contributed by atoms with Gasteiger partial charge in [-0.3, -0.25) is 18.9 Å². The molecule has 0 aliphatic carbocycles. The zero-order chi connectivity index (χ0) is 19.0. The Hall–Kier alpha value is -1.24. The number of aromatic nitrogens is 2. The summed E-state index contributed by atoms with van der Waals surface area (Å²) < 4.78 is 62.9. The van der Waals surface area contributed by atoms with Crippen LogP contribution in [0.1, 0.15) is 12.6 Å². The SMILES string of the molecule is O=c1ccn([C@H]2C[C@H](F)[C@@](F)(COP(=O)(O)OP(=O)(O)O)O2)c(=O)[nH]1. The fraction of sp³-hybridized carbons (Fsp3) is 0.556. The number of hydrogen-bond donors (Lipinski definition) is 4. The Kier molecular flexibility index (Phi) is 5.47. The molecule has 1 fully saturated rings. The summed E-state index contributed by atoms with van der Waals surface area (Å²) in [4.78, 5) is 50.3. The van der Waals surface area contributed by atoms with Gasteiger partial charge < -0.3 is 19.4 Å². The van der Waals surface area contributed by atoms with Crippen LogP contribution in [0.3, 0.4) is 0 Å². The molecule has 0 bridgehead atoms. The van der Waals surface area contributed by atoms with E-state index in [4.69, 9.17) is 14.7 Å². The number of phosphoric ester groups is 1. The van der Waals surface area contributed by atoms with Gasteiger partial charge in [0.1, 0.15) is 12.8 Å². The molecule has 1 unspecified atom stereocenters. The molecule has 0 aromatic carbocycles. The first-order valence-electron chi connectivity index (χ1n) is 6.38. The van der Waals surface area contributed by atoms with Gasteiger partial charge in [0.25, 0.3) is 11.4 Å². The number of ether oxygens (including phenoxy) is 1. The van der Waals surface area contributed by atoms with Crippen LogP contribution in [0.2, 0.25) is 0 Å². The van der Waals surface area contributed by atoms with Crippen molar-refractivity contribution in [2.75, 3.05) is 6.61 Å². The average molecular weight is 408 g/mol. The van der Waals surface area contributed by atoms with E-state index < -0.39 is 58.2 Å². The maximum absolute atomic E-state index is 14.4. The Morgan fingerprint density at radius 1 is 1.40 bits per heavy atom. The summed E-state index contributed by atoms with van der Waals surface area (Å²) in [6, 6.07) is 0.905. The molecule has 1 aliphatic heterocycles. The van der Waals surface area contributed by atoms with E-state index in [1.807, 2.05) is 4.98 Å². The molecule has 12 nitrogen and oxygen atoms in total. The second-order valence-electron chi connectivity index (χ2n) is 4.89. The number of hydrogen-bond acceptors (Lipinski definition) is 7. The summed E-state index contributed by atoms with van der Waals surface area (Å²) in [6.07, 6.45) is -3.71. The Bertz CT molecular complexity index is 851. The monoisotopic (exact) mass is 408 g/mol. The minimum absolute atomic E-state index is 0.681. The van der Waals surface area contributed by atoms with Gasteiger partial charge in [0.15, 0.2) is 6.17 Å². The third-order valence-electron chi connectivity index (χ3n) is 3.00. The number of aromatic amines is 1.